The summed E-state index contributed by atoms with van der Waals surface area (Å²) >= 11 is 0. The van der Waals surface area contributed by atoms with Crippen molar-refractivity contribution in [1.29, 1.82) is 0 Å². The average molecular weight is 265 g/mol. The van der Waals surface area contributed by atoms with Crippen molar-refractivity contribution in [1.82, 2.24) is 4.90 Å². The molecule has 0 aromatic carbocycles. The summed E-state index contributed by atoms with van der Waals surface area (Å²) in [6, 6.07) is 0.899. The largest absolute Gasteiger partial charge is 0.303 e. The summed E-state index contributed by atoms with van der Waals surface area (Å²) in [5.41, 5.74) is 0. The molecule has 1 saturated carbocycles. The summed E-state index contributed by atoms with van der Waals surface area (Å²) in [5.74, 6) is 1.00. The fourth-order valence-corrected chi connectivity index (χ4v) is 4.28. The lowest BCUT2D eigenvalue weighted by molar-refractivity contribution is 0.147. The van der Waals surface area contributed by atoms with E-state index in [4.69, 9.17) is 0 Å². The summed E-state index contributed by atoms with van der Waals surface area (Å²) in [6.07, 6.45) is 20.8. The molecule has 0 amide bonds. The van der Waals surface area contributed by atoms with Crippen LogP contribution in [0.4, 0.5) is 0 Å². The Morgan fingerprint density at radius 1 is 0.579 bits per heavy atom. The van der Waals surface area contributed by atoms with Crippen LogP contribution in [0.1, 0.15) is 89.9 Å². The van der Waals surface area contributed by atoms with E-state index in [9.17, 15) is 0 Å². The van der Waals surface area contributed by atoms with Crippen LogP contribution in [0, 0.1) is 5.92 Å². The van der Waals surface area contributed by atoms with Gasteiger partial charge in [0.2, 0.25) is 0 Å². The molecular weight excluding hydrogens is 230 g/mol. The Kier molecular flexibility index (Phi) is 7.27. The summed E-state index contributed by atoms with van der Waals surface area (Å²) in [4.78, 5) is 2.73. The van der Waals surface area contributed by atoms with Gasteiger partial charge in [-0.1, -0.05) is 64.2 Å². The van der Waals surface area contributed by atoms with Crippen molar-refractivity contribution in [2.24, 2.45) is 5.92 Å². The lowest BCUT2D eigenvalue weighted by Gasteiger charge is -2.35. The van der Waals surface area contributed by atoms with Gasteiger partial charge in [0, 0.05) is 6.04 Å². The highest BCUT2D eigenvalue weighted by Crippen LogP contribution is 2.30. The first-order valence-electron chi connectivity index (χ1n) is 9.08. The minimum Gasteiger partial charge on any atom is -0.303 e. The average Bonchev–Trinajstić information content (AvgIpc) is 2.60. The van der Waals surface area contributed by atoms with Crippen molar-refractivity contribution in [3.63, 3.8) is 0 Å². The number of hydrogen-bond donors (Lipinski definition) is 0. The minimum absolute atomic E-state index is 0.899. The summed E-state index contributed by atoms with van der Waals surface area (Å²) < 4.78 is 0. The molecule has 1 aliphatic carbocycles. The van der Waals surface area contributed by atoms with Crippen molar-refractivity contribution in [2.75, 3.05) is 13.6 Å². The van der Waals surface area contributed by atoms with E-state index in [2.05, 4.69) is 11.9 Å². The number of nitrogens with zero attached hydrogens (tertiary/aromatic N) is 1. The predicted molar refractivity (Wildman–Crippen MR) is 84.5 cm³/mol. The zero-order valence-electron chi connectivity index (χ0n) is 13.2. The fraction of sp³-hybridized carbons (Fsp3) is 1.00. The third kappa shape index (κ3) is 5.45. The second-order valence-electron chi connectivity index (χ2n) is 7.06. The van der Waals surface area contributed by atoms with Gasteiger partial charge >= 0.3 is 0 Å². The van der Waals surface area contributed by atoms with Crippen LogP contribution in [0.3, 0.4) is 0 Å². The van der Waals surface area contributed by atoms with Crippen LogP contribution in [0.25, 0.3) is 0 Å². The molecule has 0 radical (unpaired) electrons. The zero-order chi connectivity index (χ0) is 13.3. The molecule has 1 heteroatoms. The zero-order valence-corrected chi connectivity index (χ0v) is 13.2. The molecule has 2 aliphatic rings. The maximum absolute atomic E-state index is 2.73. The molecule has 0 aromatic rings. The van der Waals surface area contributed by atoms with E-state index in [1.807, 2.05) is 0 Å². The van der Waals surface area contributed by atoms with Gasteiger partial charge < -0.3 is 4.90 Å². The number of rotatable bonds is 1. The first-order valence-corrected chi connectivity index (χ1v) is 9.08. The van der Waals surface area contributed by atoms with E-state index in [0.29, 0.717) is 0 Å². The molecule has 0 bridgehead atoms. The lowest BCUT2D eigenvalue weighted by atomic mass is 9.86. The highest BCUT2D eigenvalue weighted by atomic mass is 15.1. The molecule has 0 spiro atoms. The highest BCUT2D eigenvalue weighted by molar-refractivity contribution is 4.80. The molecule has 0 N–H and O–H groups in total. The first-order chi connectivity index (χ1) is 9.38. The smallest absolute Gasteiger partial charge is 0.0120 e. The van der Waals surface area contributed by atoms with Crippen molar-refractivity contribution >= 4 is 0 Å². The molecule has 1 nitrogen and oxygen atoms in total. The monoisotopic (exact) mass is 265 g/mol. The van der Waals surface area contributed by atoms with Crippen LogP contribution in [0.2, 0.25) is 0 Å². The Bertz CT molecular complexity index is 216. The quantitative estimate of drug-likeness (QED) is 0.614. The van der Waals surface area contributed by atoms with Crippen LogP contribution in [-0.4, -0.2) is 24.5 Å². The fourth-order valence-electron chi connectivity index (χ4n) is 4.28. The third-order valence-corrected chi connectivity index (χ3v) is 5.52. The van der Waals surface area contributed by atoms with E-state index >= 15 is 0 Å². The summed E-state index contributed by atoms with van der Waals surface area (Å²) in [7, 11) is 2.41. The number of hydrogen-bond acceptors (Lipinski definition) is 1. The predicted octanol–water partition coefficient (Wildman–Crippen LogP) is 5.39. The van der Waals surface area contributed by atoms with Gasteiger partial charge in [-0.25, -0.2) is 0 Å². The topological polar surface area (TPSA) is 3.24 Å². The van der Waals surface area contributed by atoms with Gasteiger partial charge in [-0.15, -0.1) is 0 Å². The van der Waals surface area contributed by atoms with Crippen molar-refractivity contribution in [3.05, 3.63) is 0 Å². The Morgan fingerprint density at radius 3 is 1.68 bits per heavy atom. The minimum atomic E-state index is 0.899. The van der Waals surface area contributed by atoms with E-state index in [-0.39, 0.29) is 0 Å². The van der Waals surface area contributed by atoms with Gasteiger partial charge in [-0.2, -0.15) is 0 Å². The molecule has 1 heterocycles. The van der Waals surface area contributed by atoms with Gasteiger partial charge in [0.25, 0.3) is 0 Å². The summed E-state index contributed by atoms with van der Waals surface area (Å²) in [5, 5.41) is 0. The molecule has 1 aliphatic heterocycles. The highest BCUT2D eigenvalue weighted by Gasteiger charge is 2.25. The maximum atomic E-state index is 2.73. The van der Waals surface area contributed by atoms with Crippen LogP contribution in [-0.2, 0) is 0 Å². The van der Waals surface area contributed by atoms with E-state index in [1.54, 1.807) is 0 Å². The molecule has 2 fully saturated rings. The first kappa shape index (κ1) is 15.4. The Morgan fingerprint density at radius 2 is 1.05 bits per heavy atom. The SMILES string of the molecule is CN1CCCCCCCC1C1CCCCCCCC1. The van der Waals surface area contributed by atoms with Gasteiger partial charge in [-0.3, -0.25) is 0 Å². The van der Waals surface area contributed by atoms with E-state index < -0.39 is 0 Å². The maximum Gasteiger partial charge on any atom is 0.0120 e. The molecule has 19 heavy (non-hydrogen) atoms. The van der Waals surface area contributed by atoms with Gasteiger partial charge in [0.1, 0.15) is 0 Å². The van der Waals surface area contributed by atoms with E-state index in [0.717, 1.165) is 12.0 Å². The van der Waals surface area contributed by atoms with Crippen molar-refractivity contribution in [3.8, 4) is 0 Å². The van der Waals surface area contributed by atoms with Crippen LogP contribution >= 0.6 is 0 Å². The van der Waals surface area contributed by atoms with Crippen LogP contribution in [0.15, 0.2) is 0 Å². The Balaban J connectivity index is 1.92. The molecule has 1 saturated heterocycles. The van der Waals surface area contributed by atoms with Gasteiger partial charge in [0.05, 0.1) is 0 Å². The summed E-state index contributed by atoms with van der Waals surface area (Å²) in [6.45, 7) is 1.35. The van der Waals surface area contributed by atoms with Crippen molar-refractivity contribution < 1.29 is 0 Å². The van der Waals surface area contributed by atoms with Crippen LogP contribution < -0.4 is 0 Å². The second kappa shape index (κ2) is 9.00. The molecule has 0 aromatic heterocycles. The standard InChI is InChI=1S/C18H35N/c1-19-16-12-8-4-7-11-15-18(19)17-13-9-5-2-3-6-10-14-17/h17-18H,2-16H2,1H3. The van der Waals surface area contributed by atoms with Crippen LogP contribution in [0.5, 0.6) is 0 Å². The molecule has 2 rings (SSSR count). The lowest BCUT2D eigenvalue weighted by Crippen LogP contribution is -2.38. The van der Waals surface area contributed by atoms with Crippen molar-refractivity contribution in [2.45, 2.75) is 95.9 Å². The normalized spacial score (nSPS) is 30.5. The third-order valence-electron chi connectivity index (χ3n) is 5.52. The molecular formula is C18H35N. The molecule has 1 atom stereocenters. The molecule has 112 valence electrons. The Labute approximate surface area is 121 Å². The van der Waals surface area contributed by atoms with Gasteiger partial charge in [-0.05, 0) is 45.2 Å². The van der Waals surface area contributed by atoms with E-state index in [1.165, 1.54) is 96.4 Å². The second-order valence-corrected chi connectivity index (χ2v) is 7.06. The molecule has 1 unspecified atom stereocenters. The Hall–Kier alpha value is -0.0400. The van der Waals surface area contributed by atoms with Gasteiger partial charge in [0.15, 0.2) is 0 Å².